The lowest BCUT2D eigenvalue weighted by Crippen LogP contribution is -2.72. The number of carbonyl (C=O) groups is 1. The summed E-state index contributed by atoms with van der Waals surface area (Å²) in [5, 5.41) is 2.42. The molecular weight excluding hydrogens is 254 g/mol. The van der Waals surface area contributed by atoms with E-state index in [-0.39, 0.29) is 19.3 Å². The van der Waals surface area contributed by atoms with Gasteiger partial charge in [-0.25, -0.2) is 13.6 Å². The molecule has 3 fully saturated rings. The molecule has 0 radical (unpaired) electrons. The molecule has 0 aromatic carbocycles. The fourth-order valence-corrected chi connectivity index (χ4v) is 3.04. The van der Waals surface area contributed by atoms with Gasteiger partial charge in [-0.05, 0) is 46.5 Å². The molecule has 3 saturated carbocycles. The third-order valence-electron chi connectivity index (χ3n) is 4.11. The quantitative estimate of drug-likeness (QED) is 0.773. The molecule has 6 heteroatoms. The van der Waals surface area contributed by atoms with Crippen LogP contribution in [0.25, 0.3) is 0 Å². The van der Waals surface area contributed by atoms with Gasteiger partial charge < -0.3 is 15.8 Å². The summed E-state index contributed by atoms with van der Waals surface area (Å²) in [6.45, 7) is 5.11. The van der Waals surface area contributed by atoms with Crippen LogP contribution in [0.15, 0.2) is 0 Å². The molecule has 4 nitrogen and oxygen atoms in total. The smallest absolute Gasteiger partial charge is 0.408 e. The number of amides is 1. The first-order chi connectivity index (χ1) is 8.47. The number of fused-ring (bicyclic) bond motifs is 3. The summed E-state index contributed by atoms with van der Waals surface area (Å²) >= 11 is 0. The highest BCUT2D eigenvalue weighted by molar-refractivity contribution is 5.69. The van der Waals surface area contributed by atoms with Crippen molar-refractivity contribution in [3.05, 3.63) is 0 Å². The molecule has 3 aliphatic carbocycles. The summed E-state index contributed by atoms with van der Waals surface area (Å²) in [6.07, 6.45) is 0.288. The number of alkyl halides is 2. The summed E-state index contributed by atoms with van der Waals surface area (Å²) in [5.74, 6) is -2.98. The normalized spacial score (nSPS) is 36.9. The lowest BCUT2D eigenvalue weighted by Gasteiger charge is -2.55. The molecule has 19 heavy (non-hydrogen) atoms. The van der Waals surface area contributed by atoms with Crippen LogP contribution in [0.4, 0.5) is 13.6 Å². The molecular formula is C13H22F2N2O2. The third kappa shape index (κ3) is 2.68. The molecule has 0 aromatic heterocycles. The molecule has 3 aliphatic rings. The largest absolute Gasteiger partial charge is 0.444 e. The Morgan fingerprint density at radius 3 is 2.16 bits per heavy atom. The minimum Gasteiger partial charge on any atom is -0.444 e. The van der Waals surface area contributed by atoms with Gasteiger partial charge in [0.25, 0.3) is 5.92 Å². The van der Waals surface area contributed by atoms with Gasteiger partial charge in [0, 0.05) is 12.0 Å². The summed E-state index contributed by atoms with van der Waals surface area (Å²) in [4.78, 5) is 11.8. The molecule has 0 unspecified atom stereocenters. The number of ether oxygens (including phenoxy) is 1. The highest BCUT2D eigenvalue weighted by Gasteiger charge is 2.64. The Morgan fingerprint density at radius 2 is 1.74 bits per heavy atom. The summed E-state index contributed by atoms with van der Waals surface area (Å²) in [6, 6.07) is 0. The Hall–Kier alpha value is -0.910. The number of hydrogen-bond acceptors (Lipinski definition) is 3. The molecule has 0 spiro atoms. The zero-order valence-electron chi connectivity index (χ0n) is 11.7. The summed E-state index contributed by atoms with van der Waals surface area (Å²) < 4.78 is 33.6. The molecule has 110 valence electrons. The number of halogens is 2. The Morgan fingerprint density at radius 1 is 1.21 bits per heavy atom. The van der Waals surface area contributed by atoms with Crippen LogP contribution in [0.2, 0.25) is 0 Å². The predicted molar refractivity (Wildman–Crippen MR) is 67.1 cm³/mol. The molecule has 3 rings (SSSR count). The lowest BCUT2D eigenvalue weighted by molar-refractivity contribution is -0.165. The van der Waals surface area contributed by atoms with Crippen molar-refractivity contribution in [2.75, 3.05) is 0 Å². The fraction of sp³-hybridized carbons (Fsp3) is 0.923. The zero-order valence-corrected chi connectivity index (χ0v) is 11.7. The minimum atomic E-state index is -2.98. The molecule has 0 saturated heterocycles. The first-order valence-electron chi connectivity index (χ1n) is 6.65. The van der Waals surface area contributed by atoms with Gasteiger partial charge in [-0.15, -0.1) is 0 Å². The van der Waals surface area contributed by atoms with Crippen molar-refractivity contribution in [3.8, 4) is 0 Å². The lowest BCUT2D eigenvalue weighted by atomic mass is 9.60. The van der Waals surface area contributed by atoms with Gasteiger partial charge >= 0.3 is 6.09 Å². The van der Waals surface area contributed by atoms with Crippen LogP contribution in [0.5, 0.6) is 0 Å². The number of hydrogen-bond donors (Lipinski definition) is 2. The Balaban J connectivity index is 2.12. The van der Waals surface area contributed by atoms with E-state index < -0.39 is 28.7 Å². The first-order valence-corrected chi connectivity index (χ1v) is 6.65. The van der Waals surface area contributed by atoms with E-state index in [1.807, 2.05) is 0 Å². The van der Waals surface area contributed by atoms with Crippen molar-refractivity contribution in [3.63, 3.8) is 0 Å². The highest BCUT2D eigenvalue weighted by atomic mass is 19.3. The van der Waals surface area contributed by atoms with Gasteiger partial charge in [0.05, 0.1) is 0 Å². The van der Waals surface area contributed by atoms with Crippen LogP contribution < -0.4 is 11.1 Å². The fourth-order valence-electron chi connectivity index (χ4n) is 3.04. The summed E-state index contributed by atoms with van der Waals surface area (Å²) in [5.41, 5.74) is 2.98. The number of carbonyl (C=O) groups excluding carboxylic acids is 1. The van der Waals surface area contributed by atoms with Crippen LogP contribution in [0.3, 0.4) is 0 Å². The van der Waals surface area contributed by atoms with E-state index >= 15 is 0 Å². The SMILES string of the molecule is CC(C)(C)OC(=O)NC12CCC(N)(CC1)CC2(F)F. The van der Waals surface area contributed by atoms with E-state index in [2.05, 4.69) is 5.32 Å². The maximum atomic E-state index is 14.2. The number of rotatable bonds is 1. The predicted octanol–water partition coefficient (Wildman–Crippen LogP) is 2.56. The number of nitrogens with one attached hydrogen (secondary N) is 1. The van der Waals surface area contributed by atoms with Crippen molar-refractivity contribution in [1.29, 1.82) is 0 Å². The van der Waals surface area contributed by atoms with Crippen molar-refractivity contribution < 1.29 is 18.3 Å². The number of nitrogens with two attached hydrogens (primary N) is 1. The molecule has 1 amide bonds. The molecule has 0 aromatic rings. The standard InChI is InChI=1S/C13H22F2N2O2/c1-10(2,3)19-9(18)17-12-6-4-11(16,5-7-12)8-13(12,14)15/h4-8,16H2,1-3H3,(H,17,18). The van der Waals surface area contributed by atoms with Crippen molar-refractivity contribution in [1.82, 2.24) is 5.32 Å². The van der Waals surface area contributed by atoms with E-state index in [1.165, 1.54) is 0 Å². The maximum absolute atomic E-state index is 14.2. The molecule has 3 N–H and O–H groups in total. The topological polar surface area (TPSA) is 64.3 Å². The van der Waals surface area contributed by atoms with Crippen LogP contribution in [0, 0.1) is 0 Å². The van der Waals surface area contributed by atoms with Crippen molar-refractivity contribution in [2.24, 2.45) is 5.73 Å². The van der Waals surface area contributed by atoms with Crippen molar-refractivity contribution >= 4 is 6.09 Å². The molecule has 2 bridgehead atoms. The highest BCUT2D eigenvalue weighted by Crippen LogP contribution is 2.54. The van der Waals surface area contributed by atoms with Crippen LogP contribution in [0.1, 0.15) is 52.9 Å². The first kappa shape index (κ1) is 14.5. The minimum absolute atomic E-state index is 0.204. The van der Waals surface area contributed by atoms with E-state index in [1.54, 1.807) is 20.8 Å². The molecule has 0 aliphatic heterocycles. The summed E-state index contributed by atoms with van der Waals surface area (Å²) in [7, 11) is 0. The average molecular weight is 276 g/mol. The van der Waals surface area contributed by atoms with E-state index in [9.17, 15) is 13.6 Å². The van der Waals surface area contributed by atoms with Gasteiger partial charge in [0.1, 0.15) is 11.1 Å². The van der Waals surface area contributed by atoms with Crippen LogP contribution in [-0.2, 0) is 4.74 Å². The second kappa shape index (κ2) is 4.04. The second-order valence-corrected chi connectivity index (χ2v) is 6.95. The molecule has 0 heterocycles. The average Bonchev–Trinajstić information content (AvgIpc) is 2.16. The monoisotopic (exact) mass is 276 g/mol. The van der Waals surface area contributed by atoms with Gasteiger partial charge in [0.2, 0.25) is 0 Å². The third-order valence-corrected chi connectivity index (χ3v) is 4.11. The maximum Gasteiger partial charge on any atom is 0.408 e. The number of alkyl carbamates (subject to hydrolysis) is 1. The molecule has 0 atom stereocenters. The second-order valence-electron chi connectivity index (χ2n) is 6.95. The van der Waals surface area contributed by atoms with Gasteiger partial charge in [-0.2, -0.15) is 0 Å². The Bertz CT molecular complexity index is 383. The van der Waals surface area contributed by atoms with E-state index in [4.69, 9.17) is 10.5 Å². The van der Waals surface area contributed by atoms with Crippen LogP contribution in [-0.4, -0.2) is 28.7 Å². The van der Waals surface area contributed by atoms with Gasteiger partial charge in [-0.3, -0.25) is 0 Å². The zero-order chi connectivity index (χ0) is 14.5. The van der Waals surface area contributed by atoms with Gasteiger partial charge in [0.15, 0.2) is 0 Å². The van der Waals surface area contributed by atoms with E-state index in [0.717, 1.165) is 0 Å². The Labute approximate surface area is 112 Å². The Kier molecular flexibility index (Phi) is 3.08. The van der Waals surface area contributed by atoms with Crippen LogP contribution >= 0.6 is 0 Å². The van der Waals surface area contributed by atoms with Crippen molar-refractivity contribution in [2.45, 2.75) is 75.5 Å². The van der Waals surface area contributed by atoms with E-state index in [0.29, 0.717) is 12.8 Å². The van der Waals surface area contributed by atoms with Gasteiger partial charge in [-0.1, -0.05) is 0 Å².